The molecule has 0 unspecified atom stereocenters. The van der Waals surface area contributed by atoms with Gasteiger partial charge in [-0.3, -0.25) is 0 Å². The van der Waals surface area contributed by atoms with Gasteiger partial charge in [-0.1, -0.05) is 12.1 Å². The van der Waals surface area contributed by atoms with Gasteiger partial charge in [0.2, 0.25) is 0 Å². The molecule has 5 heteroatoms. The largest absolute Gasteiger partial charge is 0.494 e. The summed E-state index contributed by atoms with van der Waals surface area (Å²) in [5.74, 6) is 0.242. The smallest absolute Gasteiger partial charge is 0.358 e. The van der Waals surface area contributed by atoms with Crippen molar-refractivity contribution in [2.75, 3.05) is 14.2 Å². The van der Waals surface area contributed by atoms with Crippen molar-refractivity contribution in [3.8, 4) is 11.4 Å². The molecule has 0 bridgehead atoms. The minimum Gasteiger partial charge on any atom is -0.494 e. The average molecular weight is 246 g/mol. The number of carbonyl (C=O) groups excluding carboxylic acids is 1. The zero-order valence-corrected chi connectivity index (χ0v) is 10.5. The summed E-state index contributed by atoms with van der Waals surface area (Å²) >= 11 is 0. The molecule has 2 aromatic rings. The number of methoxy groups -OCH3 is 2. The minimum atomic E-state index is -0.452. The van der Waals surface area contributed by atoms with Crippen molar-refractivity contribution in [3.63, 3.8) is 0 Å². The van der Waals surface area contributed by atoms with Crippen LogP contribution >= 0.6 is 0 Å². The second kappa shape index (κ2) is 4.91. The molecule has 0 aliphatic heterocycles. The Morgan fingerprint density at radius 3 is 2.67 bits per heavy atom. The molecule has 0 saturated carbocycles. The number of ether oxygens (including phenoxy) is 2. The maximum Gasteiger partial charge on any atom is 0.358 e. The van der Waals surface area contributed by atoms with Crippen LogP contribution in [0, 0.1) is 6.92 Å². The molecule has 0 radical (unpaired) electrons. The van der Waals surface area contributed by atoms with Crippen molar-refractivity contribution >= 4 is 5.97 Å². The van der Waals surface area contributed by atoms with E-state index in [1.165, 1.54) is 7.11 Å². The Hall–Kier alpha value is -2.30. The Morgan fingerprint density at radius 2 is 2.00 bits per heavy atom. The zero-order valence-electron chi connectivity index (χ0n) is 10.5. The van der Waals surface area contributed by atoms with E-state index >= 15 is 0 Å². The third-order valence-corrected chi connectivity index (χ3v) is 2.60. The molecule has 0 fully saturated rings. The number of esters is 1. The molecule has 94 valence electrons. The molecule has 1 aromatic heterocycles. The van der Waals surface area contributed by atoms with Gasteiger partial charge in [0.1, 0.15) is 11.4 Å². The molecule has 18 heavy (non-hydrogen) atoms. The van der Waals surface area contributed by atoms with Gasteiger partial charge in [-0.15, -0.1) is 0 Å². The van der Waals surface area contributed by atoms with Crippen LogP contribution in [0.1, 0.15) is 16.2 Å². The molecule has 1 aromatic carbocycles. The average Bonchev–Trinajstić information content (AvgIpc) is 2.79. The number of aromatic nitrogens is 2. The SMILES string of the molecule is COC(=O)c1cc(C)n(-c2ccccc2OC)n1. The van der Waals surface area contributed by atoms with E-state index in [0.717, 1.165) is 11.4 Å². The topological polar surface area (TPSA) is 53.4 Å². The lowest BCUT2D eigenvalue weighted by Crippen LogP contribution is -2.05. The third-order valence-electron chi connectivity index (χ3n) is 2.60. The fraction of sp³-hybridized carbons (Fsp3) is 0.231. The lowest BCUT2D eigenvalue weighted by Gasteiger charge is -2.09. The summed E-state index contributed by atoms with van der Waals surface area (Å²) in [6.07, 6.45) is 0. The summed E-state index contributed by atoms with van der Waals surface area (Å²) in [7, 11) is 2.93. The summed E-state index contributed by atoms with van der Waals surface area (Å²) in [5, 5.41) is 4.22. The number of carbonyl (C=O) groups is 1. The van der Waals surface area contributed by atoms with E-state index in [1.54, 1.807) is 17.9 Å². The first kappa shape index (κ1) is 12.2. The van der Waals surface area contributed by atoms with Crippen LogP contribution in [-0.2, 0) is 4.74 Å². The van der Waals surface area contributed by atoms with Gasteiger partial charge in [-0.25, -0.2) is 9.48 Å². The molecule has 0 atom stereocenters. The molecule has 0 saturated heterocycles. The molecule has 0 spiro atoms. The highest BCUT2D eigenvalue weighted by atomic mass is 16.5. The fourth-order valence-electron chi connectivity index (χ4n) is 1.73. The van der Waals surface area contributed by atoms with Crippen LogP contribution < -0.4 is 4.74 Å². The van der Waals surface area contributed by atoms with E-state index in [4.69, 9.17) is 4.74 Å². The number of para-hydroxylation sites is 2. The second-order valence-electron chi connectivity index (χ2n) is 3.75. The first-order valence-electron chi connectivity index (χ1n) is 5.45. The number of rotatable bonds is 3. The van der Waals surface area contributed by atoms with Gasteiger partial charge in [0.25, 0.3) is 0 Å². The molecule has 0 aliphatic rings. The number of nitrogens with zero attached hydrogens (tertiary/aromatic N) is 2. The van der Waals surface area contributed by atoms with Crippen molar-refractivity contribution < 1.29 is 14.3 Å². The van der Waals surface area contributed by atoms with Crippen LogP contribution in [0.4, 0.5) is 0 Å². The van der Waals surface area contributed by atoms with Gasteiger partial charge in [-0.2, -0.15) is 5.10 Å². The van der Waals surface area contributed by atoms with Crippen molar-refractivity contribution in [3.05, 3.63) is 41.7 Å². The Kier molecular flexibility index (Phi) is 3.32. The lowest BCUT2D eigenvalue weighted by atomic mass is 10.3. The maximum absolute atomic E-state index is 11.4. The van der Waals surface area contributed by atoms with Gasteiger partial charge >= 0.3 is 5.97 Å². The normalized spacial score (nSPS) is 10.2. The van der Waals surface area contributed by atoms with E-state index < -0.39 is 5.97 Å². The highest BCUT2D eigenvalue weighted by Crippen LogP contribution is 2.23. The van der Waals surface area contributed by atoms with E-state index in [1.807, 2.05) is 31.2 Å². The van der Waals surface area contributed by atoms with E-state index in [-0.39, 0.29) is 5.69 Å². The number of hydrogen-bond acceptors (Lipinski definition) is 4. The predicted molar refractivity (Wildman–Crippen MR) is 66.2 cm³/mol. The Morgan fingerprint density at radius 1 is 1.28 bits per heavy atom. The van der Waals surface area contributed by atoms with Crippen molar-refractivity contribution in [2.24, 2.45) is 0 Å². The van der Waals surface area contributed by atoms with Crippen molar-refractivity contribution in [1.82, 2.24) is 9.78 Å². The minimum absolute atomic E-state index is 0.279. The van der Waals surface area contributed by atoms with Crippen LogP contribution in [0.2, 0.25) is 0 Å². The summed E-state index contributed by atoms with van der Waals surface area (Å²) in [6.45, 7) is 1.87. The Balaban J connectivity index is 2.51. The van der Waals surface area contributed by atoms with Crippen LogP contribution in [-0.4, -0.2) is 30.0 Å². The van der Waals surface area contributed by atoms with Crippen molar-refractivity contribution in [1.29, 1.82) is 0 Å². The van der Waals surface area contributed by atoms with Gasteiger partial charge in [0, 0.05) is 5.69 Å². The van der Waals surface area contributed by atoms with E-state index in [2.05, 4.69) is 9.84 Å². The van der Waals surface area contributed by atoms with Crippen LogP contribution in [0.5, 0.6) is 5.75 Å². The fourth-order valence-corrected chi connectivity index (χ4v) is 1.73. The quantitative estimate of drug-likeness (QED) is 0.777. The van der Waals surface area contributed by atoms with Gasteiger partial charge < -0.3 is 9.47 Å². The standard InChI is InChI=1S/C13H14N2O3/c1-9-8-10(13(16)18-3)14-15(9)11-6-4-5-7-12(11)17-2/h4-8H,1-3H3. The highest BCUT2D eigenvalue weighted by Gasteiger charge is 2.15. The number of aryl methyl sites for hydroxylation is 1. The predicted octanol–water partition coefficient (Wildman–Crippen LogP) is 1.98. The number of benzene rings is 1. The molecule has 5 nitrogen and oxygen atoms in total. The van der Waals surface area contributed by atoms with Gasteiger partial charge in [0.05, 0.1) is 14.2 Å². The lowest BCUT2D eigenvalue weighted by molar-refractivity contribution is 0.0593. The Labute approximate surface area is 105 Å². The summed E-state index contributed by atoms with van der Waals surface area (Å²) < 4.78 is 11.6. The summed E-state index contributed by atoms with van der Waals surface area (Å²) in [4.78, 5) is 11.4. The monoisotopic (exact) mass is 246 g/mol. The molecule has 0 amide bonds. The van der Waals surface area contributed by atoms with Gasteiger partial charge in [0.15, 0.2) is 5.69 Å². The molecular formula is C13H14N2O3. The molecule has 0 aliphatic carbocycles. The van der Waals surface area contributed by atoms with Gasteiger partial charge in [-0.05, 0) is 25.1 Å². The maximum atomic E-state index is 11.4. The molecule has 1 heterocycles. The first-order chi connectivity index (χ1) is 8.67. The van der Waals surface area contributed by atoms with E-state index in [9.17, 15) is 4.79 Å². The molecular weight excluding hydrogens is 232 g/mol. The third kappa shape index (κ3) is 2.07. The first-order valence-corrected chi connectivity index (χ1v) is 5.45. The van der Waals surface area contributed by atoms with Crippen LogP contribution in [0.25, 0.3) is 5.69 Å². The highest BCUT2D eigenvalue weighted by molar-refractivity contribution is 5.87. The second-order valence-corrected chi connectivity index (χ2v) is 3.75. The summed E-state index contributed by atoms with van der Waals surface area (Å²) in [6, 6.07) is 9.16. The zero-order chi connectivity index (χ0) is 13.1. The summed E-state index contributed by atoms with van der Waals surface area (Å²) in [5.41, 5.74) is 1.90. The van der Waals surface area contributed by atoms with Crippen LogP contribution in [0.3, 0.4) is 0 Å². The van der Waals surface area contributed by atoms with Crippen molar-refractivity contribution in [2.45, 2.75) is 6.92 Å². The number of hydrogen-bond donors (Lipinski definition) is 0. The molecule has 0 N–H and O–H groups in total. The molecule has 2 rings (SSSR count). The van der Waals surface area contributed by atoms with Crippen LogP contribution in [0.15, 0.2) is 30.3 Å². The van der Waals surface area contributed by atoms with E-state index in [0.29, 0.717) is 5.75 Å². The Bertz CT molecular complexity index is 575.